The van der Waals surface area contributed by atoms with Gasteiger partial charge >= 0.3 is 0 Å². The third-order valence-electron chi connectivity index (χ3n) is 7.12. The predicted octanol–water partition coefficient (Wildman–Crippen LogP) is 6.33. The van der Waals surface area contributed by atoms with E-state index in [0.29, 0.717) is 16.9 Å². The Balaban J connectivity index is 1.44. The molecule has 0 radical (unpaired) electrons. The molecule has 1 nitrogen and oxygen atoms in total. The number of thioether (sulfide) groups is 1. The van der Waals surface area contributed by atoms with Crippen LogP contribution in [-0.2, 0) is 17.1 Å². The Hall–Kier alpha value is -1.25. The average molecular weight is 367 g/mol. The van der Waals surface area contributed by atoms with Gasteiger partial charge in [-0.1, -0.05) is 74.5 Å². The number of hydrogen-bond acceptors (Lipinski definition) is 2. The first-order valence-electron chi connectivity index (χ1n) is 9.89. The molecule has 3 atom stereocenters. The molecule has 0 spiro atoms. The molecule has 0 aliphatic heterocycles. The van der Waals surface area contributed by atoms with Crippen LogP contribution in [0.25, 0.3) is 0 Å². The predicted molar refractivity (Wildman–Crippen MR) is 111 cm³/mol. The van der Waals surface area contributed by atoms with Crippen molar-refractivity contribution in [3.63, 3.8) is 0 Å². The van der Waals surface area contributed by atoms with Gasteiger partial charge in [-0.2, -0.15) is 11.8 Å². The number of ether oxygens (including phenoxy) is 1. The molecule has 3 unspecified atom stereocenters. The summed E-state index contributed by atoms with van der Waals surface area (Å²) in [4.78, 5) is 0. The topological polar surface area (TPSA) is 9.23 Å². The molecule has 2 aliphatic rings. The van der Waals surface area contributed by atoms with Crippen molar-refractivity contribution in [2.75, 3.05) is 5.75 Å². The SMILES string of the molecule is CC1(C)C2CCC1(CSCc1ccccc1)C(OCc1ccccc1)C2. The quantitative estimate of drug-likeness (QED) is 0.566. The molecule has 2 heteroatoms. The third kappa shape index (κ3) is 3.23. The van der Waals surface area contributed by atoms with E-state index < -0.39 is 0 Å². The first-order valence-corrected chi connectivity index (χ1v) is 11.0. The summed E-state index contributed by atoms with van der Waals surface area (Å²) in [6.45, 7) is 5.75. The van der Waals surface area contributed by atoms with Gasteiger partial charge in [-0.15, -0.1) is 0 Å². The Morgan fingerprint density at radius 2 is 1.62 bits per heavy atom. The lowest BCUT2D eigenvalue weighted by molar-refractivity contribution is -0.0523. The molecule has 0 amide bonds. The van der Waals surface area contributed by atoms with Gasteiger partial charge in [-0.05, 0) is 41.7 Å². The van der Waals surface area contributed by atoms with Gasteiger partial charge in [0, 0.05) is 16.9 Å². The molecule has 2 fully saturated rings. The molecular formula is C24H30OS. The van der Waals surface area contributed by atoms with Crippen molar-refractivity contribution in [2.24, 2.45) is 16.7 Å². The standard InChI is InChI=1S/C24H30OS/c1-23(2)21-13-14-24(23,18-26-17-20-11-7-4-8-12-20)22(15-21)25-16-19-9-5-3-6-10-19/h3-12,21-22H,13-18H2,1-2H3. The first kappa shape index (κ1) is 18.1. The van der Waals surface area contributed by atoms with Crippen LogP contribution in [0.1, 0.15) is 44.2 Å². The molecule has 2 aromatic rings. The average Bonchev–Trinajstić information content (AvgIpc) is 3.03. The highest BCUT2D eigenvalue weighted by Gasteiger charge is 2.64. The Kier molecular flexibility index (Phi) is 5.16. The summed E-state index contributed by atoms with van der Waals surface area (Å²) in [6, 6.07) is 21.5. The lowest BCUT2D eigenvalue weighted by Gasteiger charge is -2.42. The van der Waals surface area contributed by atoms with Crippen LogP contribution >= 0.6 is 11.8 Å². The van der Waals surface area contributed by atoms with Gasteiger partial charge in [0.25, 0.3) is 0 Å². The van der Waals surface area contributed by atoms with E-state index in [0.717, 1.165) is 18.3 Å². The summed E-state index contributed by atoms with van der Waals surface area (Å²) >= 11 is 2.10. The maximum Gasteiger partial charge on any atom is 0.0720 e. The molecule has 0 saturated heterocycles. The van der Waals surface area contributed by atoms with E-state index in [2.05, 4.69) is 86.3 Å². The second-order valence-corrected chi connectivity index (χ2v) is 9.60. The van der Waals surface area contributed by atoms with Crippen LogP contribution in [-0.4, -0.2) is 11.9 Å². The zero-order chi connectivity index (χ0) is 18.0. The summed E-state index contributed by atoms with van der Waals surface area (Å²) in [5.74, 6) is 3.14. The highest BCUT2D eigenvalue weighted by atomic mass is 32.2. The van der Waals surface area contributed by atoms with E-state index in [1.165, 1.54) is 36.1 Å². The highest BCUT2D eigenvalue weighted by molar-refractivity contribution is 7.98. The fraction of sp³-hybridized carbons (Fsp3) is 0.500. The minimum atomic E-state index is 0.325. The summed E-state index contributed by atoms with van der Waals surface area (Å²) in [7, 11) is 0. The highest BCUT2D eigenvalue weighted by Crippen LogP contribution is 2.67. The van der Waals surface area contributed by atoms with E-state index >= 15 is 0 Å². The van der Waals surface area contributed by atoms with E-state index in [-0.39, 0.29) is 0 Å². The van der Waals surface area contributed by atoms with Crippen LogP contribution in [0, 0.1) is 16.7 Å². The van der Waals surface area contributed by atoms with Crippen LogP contribution in [0.5, 0.6) is 0 Å². The Morgan fingerprint density at radius 1 is 0.962 bits per heavy atom. The van der Waals surface area contributed by atoms with E-state index in [1.807, 2.05) is 0 Å². The Bertz CT molecular complexity index is 712. The number of fused-ring (bicyclic) bond motifs is 2. The summed E-state index contributed by atoms with van der Waals surface area (Å²) in [5.41, 5.74) is 3.44. The maximum absolute atomic E-state index is 6.55. The van der Waals surface area contributed by atoms with Gasteiger partial charge in [0.2, 0.25) is 0 Å². The monoisotopic (exact) mass is 366 g/mol. The molecule has 2 aliphatic carbocycles. The summed E-state index contributed by atoms with van der Waals surface area (Å²) in [5, 5.41) is 0. The fourth-order valence-electron chi connectivity index (χ4n) is 5.27. The Labute approximate surface area is 162 Å². The molecule has 26 heavy (non-hydrogen) atoms. The number of benzene rings is 2. The van der Waals surface area contributed by atoms with Gasteiger partial charge < -0.3 is 4.74 Å². The van der Waals surface area contributed by atoms with Crippen molar-refractivity contribution < 1.29 is 4.74 Å². The fourth-order valence-corrected chi connectivity index (χ4v) is 6.87. The van der Waals surface area contributed by atoms with Crippen LogP contribution in [0.15, 0.2) is 60.7 Å². The number of rotatable bonds is 7. The zero-order valence-corrected chi connectivity index (χ0v) is 16.8. The van der Waals surface area contributed by atoms with Crippen LogP contribution in [0.2, 0.25) is 0 Å². The van der Waals surface area contributed by atoms with Crippen LogP contribution in [0.3, 0.4) is 0 Å². The van der Waals surface area contributed by atoms with Crippen molar-refractivity contribution in [1.29, 1.82) is 0 Å². The van der Waals surface area contributed by atoms with Crippen molar-refractivity contribution in [1.82, 2.24) is 0 Å². The van der Waals surface area contributed by atoms with Crippen molar-refractivity contribution >= 4 is 11.8 Å². The van der Waals surface area contributed by atoms with Gasteiger partial charge in [-0.3, -0.25) is 0 Å². The lowest BCUT2D eigenvalue weighted by Crippen LogP contribution is -2.42. The smallest absolute Gasteiger partial charge is 0.0720 e. The normalized spacial score (nSPS) is 29.2. The van der Waals surface area contributed by atoms with E-state index in [1.54, 1.807) is 0 Å². The van der Waals surface area contributed by atoms with Gasteiger partial charge in [0.05, 0.1) is 12.7 Å². The minimum Gasteiger partial charge on any atom is -0.373 e. The van der Waals surface area contributed by atoms with Crippen molar-refractivity contribution in [3.05, 3.63) is 71.8 Å². The van der Waals surface area contributed by atoms with Gasteiger partial charge in [0.1, 0.15) is 0 Å². The summed E-state index contributed by atoms with van der Waals surface area (Å²) < 4.78 is 6.55. The second-order valence-electron chi connectivity index (χ2n) is 8.61. The lowest BCUT2D eigenvalue weighted by atomic mass is 9.69. The molecule has 4 rings (SSSR count). The molecular weight excluding hydrogens is 336 g/mol. The summed E-state index contributed by atoms with van der Waals surface area (Å²) in [6.07, 6.45) is 4.35. The molecule has 0 heterocycles. The molecule has 2 saturated carbocycles. The van der Waals surface area contributed by atoms with Crippen molar-refractivity contribution in [2.45, 2.75) is 51.6 Å². The van der Waals surface area contributed by atoms with E-state index in [4.69, 9.17) is 4.74 Å². The molecule has 0 aromatic heterocycles. The third-order valence-corrected chi connectivity index (χ3v) is 8.38. The van der Waals surface area contributed by atoms with Crippen LogP contribution < -0.4 is 0 Å². The second kappa shape index (κ2) is 7.40. The van der Waals surface area contributed by atoms with Gasteiger partial charge in [0.15, 0.2) is 0 Å². The molecule has 138 valence electrons. The zero-order valence-electron chi connectivity index (χ0n) is 16.0. The first-order chi connectivity index (χ1) is 12.6. The molecule has 2 bridgehead atoms. The number of hydrogen-bond donors (Lipinski definition) is 0. The van der Waals surface area contributed by atoms with Crippen LogP contribution in [0.4, 0.5) is 0 Å². The van der Waals surface area contributed by atoms with Gasteiger partial charge in [-0.25, -0.2) is 0 Å². The van der Waals surface area contributed by atoms with E-state index in [9.17, 15) is 0 Å². The molecule has 2 aromatic carbocycles. The maximum atomic E-state index is 6.55. The molecule has 0 N–H and O–H groups in total. The minimum absolute atomic E-state index is 0.325. The largest absolute Gasteiger partial charge is 0.373 e. The van der Waals surface area contributed by atoms with Crippen molar-refractivity contribution in [3.8, 4) is 0 Å². The Morgan fingerprint density at radius 3 is 2.27 bits per heavy atom.